The van der Waals surface area contributed by atoms with Crippen LogP contribution in [0.15, 0.2) is 10.8 Å². The number of likely N-dealkylation sites (N-methyl/N-ethyl adjacent to an activating group) is 1. The Balaban J connectivity index is 1.87. The Bertz CT molecular complexity index is 318. The Labute approximate surface area is 97.0 Å². The van der Waals surface area contributed by atoms with Crippen LogP contribution in [0.5, 0.6) is 0 Å². The van der Waals surface area contributed by atoms with Crippen LogP contribution in [0, 0.1) is 6.92 Å². The molecule has 1 aliphatic heterocycles. The van der Waals surface area contributed by atoms with Gasteiger partial charge in [0.1, 0.15) is 5.76 Å². The quantitative estimate of drug-likeness (QED) is 0.822. The third-order valence-electron chi connectivity index (χ3n) is 3.31. The maximum absolute atomic E-state index is 5.23. The van der Waals surface area contributed by atoms with Gasteiger partial charge in [0.25, 0.3) is 0 Å². The van der Waals surface area contributed by atoms with Gasteiger partial charge in [-0.25, -0.2) is 4.98 Å². The zero-order valence-corrected chi connectivity index (χ0v) is 10.2. The molecule has 1 aliphatic rings. The van der Waals surface area contributed by atoms with Gasteiger partial charge in [-0.1, -0.05) is 6.92 Å². The molecule has 1 aromatic rings. The summed E-state index contributed by atoms with van der Waals surface area (Å²) in [6, 6.07) is 0.659. The minimum absolute atomic E-state index is 0.659. The molecule has 2 heterocycles. The summed E-state index contributed by atoms with van der Waals surface area (Å²) in [6.45, 7) is 8.42. The molecule has 2 rings (SSSR count). The van der Waals surface area contributed by atoms with Gasteiger partial charge in [-0.3, -0.25) is 4.90 Å². The summed E-state index contributed by atoms with van der Waals surface area (Å²) >= 11 is 0. The number of rotatable bonds is 5. The van der Waals surface area contributed by atoms with Gasteiger partial charge in [-0.15, -0.1) is 0 Å². The molecule has 16 heavy (non-hydrogen) atoms. The van der Waals surface area contributed by atoms with E-state index in [1.165, 1.54) is 25.8 Å². The fourth-order valence-corrected chi connectivity index (χ4v) is 2.22. The molecule has 1 aromatic heterocycles. The predicted octanol–water partition coefficient (Wildman–Crippen LogP) is 1.56. The van der Waals surface area contributed by atoms with Gasteiger partial charge in [0.05, 0.1) is 5.69 Å². The molecule has 1 fully saturated rings. The predicted molar refractivity (Wildman–Crippen MR) is 63.2 cm³/mol. The summed E-state index contributed by atoms with van der Waals surface area (Å²) in [5.74, 6) is 0.942. The maximum atomic E-state index is 5.23. The second kappa shape index (κ2) is 5.46. The molecule has 1 saturated heterocycles. The second-order valence-corrected chi connectivity index (χ2v) is 4.48. The van der Waals surface area contributed by atoms with Crippen LogP contribution in [-0.2, 0) is 6.54 Å². The Kier molecular flexibility index (Phi) is 3.96. The zero-order valence-electron chi connectivity index (χ0n) is 10.2. The van der Waals surface area contributed by atoms with Crippen LogP contribution < -0.4 is 5.32 Å². The SMILES string of the molecule is CCN(Cc1ncoc1C)CC1CCCN1. The largest absolute Gasteiger partial charge is 0.448 e. The average molecular weight is 223 g/mol. The average Bonchev–Trinajstić information content (AvgIpc) is 2.90. The van der Waals surface area contributed by atoms with Crippen molar-refractivity contribution in [2.24, 2.45) is 0 Å². The first kappa shape index (κ1) is 11.6. The Morgan fingerprint density at radius 1 is 1.62 bits per heavy atom. The van der Waals surface area contributed by atoms with Gasteiger partial charge in [-0.05, 0) is 32.9 Å². The normalized spacial score (nSPS) is 20.8. The second-order valence-electron chi connectivity index (χ2n) is 4.48. The molecule has 1 atom stereocenters. The third-order valence-corrected chi connectivity index (χ3v) is 3.31. The molecule has 0 amide bonds. The number of nitrogens with zero attached hydrogens (tertiary/aromatic N) is 2. The van der Waals surface area contributed by atoms with E-state index in [-0.39, 0.29) is 0 Å². The van der Waals surface area contributed by atoms with Crippen molar-refractivity contribution in [3.05, 3.63) is 17.8 Å². The highest BCUT2D eigenvalue weighted by molar-refractivity contribution is 5.04. The van der Waals surface area contributed by atoms with E-state index >= 15 is 0 Å². The van der Waals surface area contributed by atoms with Crippen molar-refractivity contribution in [3.63, 3.8) is 0 Å². The smallest absolute Gasteiger partial charge is 0.181 e. The lowest BCUT2D eigenvalue weighted by atomic mass is 10.2. The summed E-state index contributed by atoms with van der Waals surface area (Å²) in [5.41, 5.74) is 1.07. The molecule has 90 valence electrons. The third kappa shape index (κ3) is 2.83. The van der Waals surface area contributed by atoms with E-state index in [1.54, 1.807) is 0 Å². The molecular formula is C12H21N3O. The number of hydrogen-bond acceptors (Lipinski definition) is 4. The summed E-state index contributed by atoms with van der Waals surface area (Å²) in [4.78, 5) is 6.67. The van der Waals surface area contributed by atoms with Crippen LogP contribution >= 0.6 is 0 Å². The molecule has 4 heteroatoms. The van der Waals surface area contributed by atoms with Gasteiger partial charge in [-0.2, -0.15) is 0 Å². The van der Waals surface area contributed by atoms with E-state index in [2.05, 4.69) is 22.1 Å². The Morgan fingerprint density at radius 2 is 2.50 bits per heavy atom. The van der Waals surface area contributed by atoms with Crippen LogP contribution in [0.1, 0.15) is 31.2 Å². The summed E-state index contributed by atoms with van der Waals surface area (Å²) in [7, 11) is 0. The topological polar surface area (TPSA) is 41.3 Å². The van der Waals surface area contributed by atoms with Crippen molar-refractivity contribution in [1.29, 1.82) is 0 Å². The van der Waals surface area contributed by atoms with Crippen molar-refractivity contribution in [1.82, 2.24) is 15.2 Å². The Hall–Kier alpha value is -0.870. The summed E-state index contributed by atoms with van der Waals surface area (Å²) < 4.78 is 5.23. The first-order valence-electron chi connectivity index (χ1n) is 6.14. The molecule has 0 aliphatic carbocycles. The van der Waals surface area contributed by atoms with E-state index in [9.17, 15) is 0 Å². The number of aromatic nitrogens is 1. The van der Waals surface area contributed by atoms with Crippen LogP contribution in [-0.4, -0.2) is 35.6 Å². The van der Waals surface area contributed by atoms with Gasteiger partial charge in [0, 0.05) is 19.1 Å². The van der Waals surface area contributed by atoms with Gasteiger partial charge in [0.15, 0.2) is 6.39 Å². The zero-order chi connectivity index (χ0) is 11.4. The molecule has 1 N–H and O–H groups in total. The van der Waals surface area contributed by atoms with Crippen molar-refractivity contribution >= 4 is 0 Å². The molecule has 0 bridgehead atoms. The lowest BCUT2D eigenvalue weighted by Gasteiger charge is -2.23. The fraction of sp³-hybridized carbons (Fsp3) is 0.750. The molecule has 0 spiro atoms. The molecular weight excluding hydrogens is 202 g/mol. The first-order valence-corrected chi connectivity index (χ1v) is 6.14. The molecule has 0 radical (unpaired) electrons. The van der Waals surface area contributed by atoms with E-state index in [4.69, 9.17) is 4.42 Å². The fourth-order valence-electron chi connectivity index (χ4n) is 2.22. The maximum Gasteiger partial charge on any atom is 0.181 e. The van der Waals surface area contributed by atoms with E-state index in [0.717, 1.165) is 31.1 Å². The number of hydrogen-bond donors (Lipinski definition) is 1. The van der Waals surface area contributed by atoms with Crippen LogP contribution in [0.3, 0.4) is 0 Å². The van der Waals surface area contributed by atoms with Crippen LogP contribution in [0.2, 0.25) is 0 Å². The molecule has 0 aromatic carbocycles. The van der Waals surface area contributed by atoms with E-state index < -0.39 is 0 Å². The lowest BCUT2D eigenvalue weighted by Crippen LogP contribution is -2.37. The van der Waals surface area contributed by atoms with Gasteiger partial charge >= 0.3 is 0 Å². The summed E-state index contributed by atoms with van der Waals surface area (Å²) in [5, 5.41) is 3.53. The highest BCUT2D eigenvalue weighted by atomic mass is 16.3. The van der Waals surface area contributed by atoms with Gasteiger partial charge < -0.3 is 9.73 Å². The number of aryl methyl sites for hydroxylation is 1. The first-order chi connectivity index (χ1) is 7.79. The highest BCUT2D eigenvalue weighted by Gasteiger charge is 2.18. The van der Waals surface area contributed by atoms with Crippen LogP contribution in [0.25, 0.3) is 0 Å². The van der Waals surface area contributed by atoms with Crippen molar-refractivity contribution in [2.45, 2.75) is 39.3 Å². The van der Waals surface area contributed by atoms with E-state index in [0.29, 0.717) is 6.04 Å². The molecule has 0 saturated carbocycles. The summed E-state index contributed by atoms with van der Waals surface area (Å²) in [6.07, 6.45) is 4.14. The monoisotopic (exact) mass is 223 g/mol. The minimum atomic E-state index is 0.659. The van der Waals surface area contributed by atoms with E-state index in [1.807, 2.05) is 6.92 Å². The molecule has 4 nitrogen and oxygen atoms in total. The van der Waals surface area contributed by atoms with Crippen molar-refractivity contribution < 1.29 is 4.42 Å². The minimum Gasteiger partial charge on any atom is -0.448 e. The van der Waals surface area contributed by atoms with Gasteiger partial charge in [0.2, 0.25) is 0 Å². The number of nitrogens with one attached hydrogen (secondary N) is 1. The van der Waals surface area contributed by atoms with Crippen LogP contribution in [0.4, 0.5) is 0 Å². The lowest BCUT2D eigenvalue weighted by molar-refractivity contribution is 0.250. The van der Waals surface area contributed by atoms with Crippen molar-refractivity contribution in [2.75, 3.05) is 19.6 Å². The van der Waals surface area contributed by atoms with Crippen molar-refractivity contribution in [3.8, 4) is 0 Å². The molecule has 1 unspecified atom stereocenters. The number of oxazole rings is 1. The Morgan fingerprint density at radius 3 is 3.06 bits per heavy atom. The standard InChI is InChI=1S/C12H21N3O/c1-3-15(7-11-5-4-6-13-11)8-12-10(2)16-9-14-12/h9,11,13H,3-8H2,1-2H3. The highest BCUT2D eigenvalue weighted by Crippen LogP contribution is 2.11.